The Hall–Kier alpha value is -2.02. The second-order valence-corrected chi connectivity index (χ2v) is 2.78. The molecule has 82 valence electrons. The number of hydrogen-bond acceptors (Lipinski definition) is 6. The predicted octanol–water partition coefficient (Wildman–Crippen LogP) is 0.858. The summed E-state index contributed by atoms with van der Waals surface area (Å²) in [6, 6.07) is 0.753. The Labute approximate surface area is 84.3 Å². The van der Waals surface area contributed by atoms with Crippen LogP contribution in [-0.4, -0.2) is 27.4 Å². The van der Waals surface area contributed by atoms with E-state index in [1.165, 1.54) is 7.11 Å². The summed E-state index contributed by atoms with van der Waals surface area (Å²) < 4.78 is 4.64. The molecule has 0 amide bonds. The number of methoxy groups -OCH3 is 1. The van der Waals surface area contributed by atoms with Gasteiger partial charge in [-0.05, 0) is 0 Å². The molecule has 0 fully saturated rings. The number of nitro benzene ring substituents is 1. The molecular formula is C8H9NO6. The molecule has 0 aromatic heterocycles. The van der Waals surface area contributed by atoms with Crippen LogP contribution >= 0.6 is 0 Å². The van der Waals surface area contributed by atoms with E-state index in [0.717, 1.165) is 6.07 Å². The van der Waals surface area contributed by atoms with Crippen LogP contribution in [0, 0.1) is 10.1 Å². The fourth-order valence-electron chi connectivity index (χ4n) is 1.12. The molecule has 0 heterocycles. The van der Waals surface area contributed by atoms with Crippen molar-refractivity contribution in [3.05, 3.63) is 21.7 Å². The zero-order valence-corrected chi connectivity index (χ0v) is 7.80. The highest BCUT2D eigenvalue weighted by Gasteiger charge is 2.23. The topological polar surface area (TPSA) is 113 Å². The van der Waals surface area contributed by atoms with Gasteiger partial charge in [-0.2, -0.15) is 0 Å². The molecule has 1 aromatic carbocycles. The third kappa shape index (κ3) is 1.91. The number of ether oxygens (including phenoxy) is 1. The Balaban J connectivity index is 3.43. The maximum atomic E-state index is 10.6. The van der Waals surface area contributed by atoms with Crippen LogP contribution in [0.2, 0.25) is 0 Å². The molecule has 1 rings (SSSR count). The number of rotatable bonds is 3. The van der Waals surface area contributed by atoms with E-state index >= 15 is 0 Å². The second kappa shape index (κ2) is 4.01. The van der Waals surface area contributed by atoms with Gasteiger partial charge in [0.1, 0.15) is 5.56 Å². The molecular weight excluding hydrogens is 206 g/mol. The third-order valence-corrected chi connectivity index (χ3v) is 1.82. The molecule has 15 heavy (non-hydrogen) atoms. The summed E-state index contributed by atoms with van der Waals surface area (Å²) in [5, 5.41) is 38.1. The normalized spacial score (nSPS) is 10.2. The average Bonchev–Trinajstić information content (AvgIpc) is 2.18. The van der Waals surface area contributed by atoms with Gasteiger partial charge < -0.3 is 20.1 Å². The molecule has 0 radical (unpaired) electrons. The first kappa shape index (κ1) is 11.1. The van der Waals surface area contributed by atoms with Gasteiger partial charge in [-0.15, -0.1) is 0 Å². The van der Waals surface area contributed by atoms with E-state index in [-0.39, 0.29) is 12.2 Å². The molecule has 7 nitrogen and oxygen atoms in total. The monoisotopic (exact) mass is 215 g/mol. The maximum Gasteiger partial charge on any atom is 0.282 e. The van der Waals surface area contributed by atoms with E-state index in [4.69, 9.17) is 10.2 Å². The van der Waals surface area contributed by atoms with Crippen LogP contribution in [0.4, 0.5) is 5.69 Å². The SMILES string of the molecule is COCc1c([N+](=O)[O-])cc(O)c(O)c1O. The van der Waals surface area contributed by atoms with Gasteiger partial charge >= 0.3 is 0 Å². The fraction of sp³-hybridized carbons (Fsp3) is 0.250. The molecule has 3 N–H and O–H groups in total. The summed E-state index contributed by atoms with van der Waals surface area (Å²) in [5.74, 6) is -2.30. The number of phenols is 3. The largest absolute Gasteiger partial charge is 0.504 e. The van der Waals surface area contributed by atoms with Crippen LogP contribution < -0.4 is 0 Å². The van der Waals surface area contributed by atoms with Crippen LogP contribution in [0.3, 0.4) is 0 Å². The molecule has 7 heteroatoms. The second-order valence-electron chi connectivity index (χ2n) is 2.78. The standard InChI is InChI=1S/C8H9NO6/c1-15-3-4-5(9(13)14)2-6(10)8(12)7(4)11/h2,10-12H,3H2,1H3. The third-order valence-electron chi connectivity index (χ3n) is 1.82. The summed E-state index contributed by atoms with van der Waals surface area (Å²) >= 11 is 0. The van der Waals surface area contributed by atoms with Crippen LogP contribution in [0.1, 0.15) is 5.56 Å². The quantitative estimate of drug-likeness (QED) is 0.391. The average molecular weight is 215 g/mol. The minimum absolute atomic E-state index is 0.183. The highest BCUT2D eigenvalue weighted by molar-refractivity contribution is 5.62. The first-order valence-electron chi connectivity index (χ1n) is 3.89. The number of nitro groups is 1. The first-order valence-corrected chi connectivity index (χ1v) is 3.89. The molecule has 0 bridgehead atoms. The molecule has 0 spiro atoms. The summed E-state index contributed by atoms with van der Waals surface area (Å²) in [6.45, 7) is -0.240. The Morgan fingerprint density at radius 3 is 2.47 bits per heavy atom. The summed E-state index contributed by atoms with van der Waals surface area (Å²) in [7, 11) is 1.28. The number of phenolic OH excluding ortho intramolecular Hbond substituents is 3. The van der Waals surface area contributed by atoms with Crippen LogP contribution in [0.15, 0.2) is 6.07 Å². The minimum Gasteiger partial charge on any atom is -0.504 e. The molecule has 0 saturated heterocycles. The van der Waals surface area contributed by atoms with Crippen molar-refractivity contribution in [3.8, 4) is 17.2 Å². The molecule has 0 aliphatic carbocycles. The highest BCUT2D eigenvalue weighted by Crippen LogP contribution is 2.42. The van der Waals surface area contributed by atoms with Crippen molar-refractivity contribution in [3.63, 3.8) is 0 Å². The molecule has 1 aromatic rings. The van der Waals surface area contributed by atoms with E-state index < -0.39 is 27.9 Å². The van der Waals surface area contributed by atoms with Gasteiger partial charge in [0.05, 0.1) is 17.6 Å². The Kier molecular flexibility index (Phi) is 2.96. The van der Waals surface area contributed by atoms with Gasteiger partial charge in [-0.25, -0.2) is 0 Å². The van der Waals surface area contributed by atoms with Crippen LogP contribution in [0.5, 0.6) is 17.2 Å². The van der Waals surface area contributed by atoms with Gasteiger partial charge in [0.2, 0.25) is 5.75 Å². The maximum absolute atomic E-state index is 10.6. The van der Waals surface area contributed by atoms with E-state index in [1.54, 1.807) is 0 Å². The smallest absolute Gasteiger partial charge is 0.282 e. The summed E-state index contributed by atoms with van der Waals surface area (Å²) in [4.78, 5) is 9.77. The minimum atomic E-state index is -0.798. The van der Waals surface area contributed by atoms with Gasteiger partial charge in [0.25, 0.3) is 5.69 Å². The molecule has 0 aliphatic rings. The van der Waals surface area contributed by atoms with Crippen molar-refractivity contribution in [2.45, 2.75) is 6.61 Å². The van der Waals surface area contributed by atoms with Crippen molar-refractivity contribution < 1.29 is 25.0 Å². The number of aromatic hydroxyl groups is 3. The fourth-order valence-corrected chi connectivity index (χ4v) is 1.12. The number of nitrogens with zero attached hydrogens (tertiary/aromatic N) is 1. The van der Waals surface area contributed by atoms with Crippen LogP contribution in [0.25, 0.3) is 0 Å². The Morgan fingerprint density at radius 1 is 1.40 bits per heavy atom. The Bertz CT molecular complexity index is 403. The lowest BCUT2D eigenvalue weighted by atomic mass is 10.1. The van der Waals surface area contributed by atoms with Gasteiger partial charge in [0.15, 0.2) is 11.5 Å². The lowest BCUT2D eigenvalue weighted by Gasteiger charge is -2.07. The van der Waals surface area contributed by atoms with Crippen molar-refractivity contribution in [2.24, 2.45) is 0 Å². The van der Waals surface area contributed by atoms with Gasteiger partial charge in [-0.1, -0.05) is 0 Å². The van der Waals surface area contributed by atoms with Crippen molar-refractivity contribution >= 4 is 5.69 Å². The van der Waals surface area contributed by atoms with Crippen molar-refractivity contribution in [1.29, 1.82) is 0 Å². The highest BCUT2D eigenvalue weighted by atomic mass is 16.6. The first-order chi connectivity index (χ1) is 6.99. The zero-order chi connectivity index (χ0) is 11.6. The molecule has 0 unspecified atom stereocenters. The van der Waals surface area contributed by atoms with E-state index in [9.17, 15) is 15.2 Å². The van der Waals surface area contributed by atoms with E-state index in [0.29, 0.717) is 0 Å². The number of benzene rings is 1. The van der Waals surface area contributed by atoms with Gasteiger partial charge in [-0.3, -0.25) is 10.1 Å². The van der Waals surface area contributed by atoms with Crippen LogP contribution in [-0.2, 0) is 11.3 Å². The van der Waals surface area contributed by atoms with E-state index in [2.05, 4.69) is 4.74 Å². The lowest BCUT2D eigenvalue weighted by molar-refractivity contribution is -0.386. The predicted molar refractivity (Wildman–Crippen MR) is 48.8 cm³/mol. The Morgan fingerprint density at radius 2 is 2.00 bits per heavy atom. The zero-order valence-electron chi connectivity index (χ0n) is 7.80. The van der Waals surface area contributed by atoms with Crippen molar-refractivity contribution in [2.75, 3.05) is 7.11 Å². The van der Waals surface area contributed by atoms with Crippen molar-refractivity contribution in [1.82, 2.24) is 0 Å². The molecule has 0 saturated carbocycles. The summed E-state index contributed by atoms with van der Waals surface area (Å²) in [6.07, 6.45) is 0. The summed E-state index contributed by atoms with van der Waals surface area (Å²) in [5.41, 5.74) is -0.692. The van der Waals surface area contributed by atoms with Gasteiger partial charge in [0, 0.05) is 7.11 Å². The molecule has 0 atom stereocenters. The lowest BCUT2D eigenvalue weighted by Crippen LogP contribution is -1.97. The van der Waals surface area contributed by atoms with E-state index in [1.807, 2.05) is 0 Å². The molecule has 0 aliphatic heterocycles. The number of hydrogen-bond donors (Lipinski definition) is 3.